The van der Waals surface area contributed by atoms with Gasteiger partial charge in [-0.3, -0.25) is 14.9 Å². The maximum absolute atomic E-state index is 10.9. The number of hydrogen-bond donors (Lipinski definition) is 2. The smallest absolute Gasteiger partial charge is 0.306 e. The number of nitrogens with one attached hydrogen (secondary N) is 1. The second-order valence-electron chi connectivity index (χ2n) is 5.00. The van der Waals surface area contributed by atoms with Gasteiger partial charge in [-0.15, -0.1) is 0 Å². The van der Waals surface area contributed by atoms with Gasteiger partial charge < -0.3 is 10.4 Å². The zero-order valence-electron chi connectivity index (χ0n) is 10.6. The minimum Gasteiger partial charge on any atom is -0.481 e. The van der Waals surface area contributed by atoms with Crippen molar-refractivity contribution in [2.24, 2.45) is 5.92 Å². The van der Waals surface area contributed by atoms with Crippen LogP contribution in [0.4, 0.5) is 11.4 Å². The molecule has 0 bridgehead atoms. The largest absolute Gasteiger partial charge is 0.481 e. The van der Waals surface area contributed by atoms with Crippen molar-refractivity contribution in [3.05, 3.63) is 33.9 Å². The van der Waals surface area contributed by atoms with E-state index in [1.807, 2.05) is 6.07 Å². The lowest BCUT2D eigenvalue weighted by atomic mass is 10.1. The lowest BCUT2D eigenvalue weighted by Gasteiger charge is -2.14. The molecule has 0 aliphatic heterocycles. The average Bonchev–Trinajstić information content (AvgIpc) is 2.76. The van der Waals surface area contributed by atoms with Crippen molar-refractivity contribution >= 4 is 17.3 Å². The predicted octanol–water partition coefficient (Wildman–Crippen LogP) is 2.57. The molecule has 0 saturated heterocycles. The lowest BCUT2D eigenvalue weighted by Crippen LogP contribution is -2.18. The first-order valence-electron chi connectivity index (χ1n) is 6.21. The zero-order chi connectivity index (χ0) is 14.0. The number of nitrogens with zero attached hydrogens (tertiary/aromatic N) is 1. The molecule has 2 unspecified atom stereocenters. The van der Waals surface area contributed by atoms with Crippen molar-refractivity contribution in [2.45, 2.75) is 32.2 Å². The van der Waals surface area contributed by atoms with Crippen LogP contribution in [0.3, 0.4) is 0 Å². The Morgan fingerprint density at radius 2 is 2.16 bits per heavy atom. The number of nitro groups is 1. The summed E-state index contributed by atoms with van der Waals surface area (Å²) in [7, 11) is 0. The van der Waals surface area contributed by atoms with Crippen molar-refractivity contribution in [2.75, 3.05) is 5.32 Å². The van der Waals surface area contributed by atoms with Gasteiger partial charge in [0.1, 0.15) is 0 Å². The molecular weight excluding hydrogens is 248 g/mol. The lowest BCUT2D eigenvalue weighted by molar-refractivity contribution is -0.384. The van der Waals surface area contributed by atoms with E-state index in [0.717, 1.165) is 12.0 Å². The fourth-order valence-corrected chi connectivity index (χ4v) is 2.52. The van der Waals surface area contributed by atoms with Crippen molar-refractivity contribution < 1.29 is 14.8 Å². The summed E-state index contributed by atoms with van der Waals surface area (Å²) in [4.78, 5) is 21.2. The Morgan fingerprint density at radius 1 is 1.42 bits per heavy atom. The van der Waals surface area contributed by atoms with E-state index in [0.29, 0.717) is 18.5 Å². The number of aryl methyl sites for hydroxylation is 1. The number of carboxylic acids is 1. The number of hydrogen-bond acceptors (Lipinski definition) is 4. The Labute approximate surface area is 110 Å². The summed E-state index contributed by atoms with van der Waals surface area (Å²) >= 11 is 0. The number of non-ortho nitro benzene ring substituents is 1. The van der Waals surface area contributed by atoms with E-state index < -0.39 is 10.9 Å². The van der Waals surface area contributed by atoms with E-state index in [4.69, 9.17) is 5.11 Å². The molecule has 0 radical (unpaired) electrons. The van der Waals surface area contributed by atoms with Gasteiger partial charge in [-0.2, -0.15) is 0 Å². The van der Waals surface area contributed by atoms with Crippen LogP contribution in [0.25, 0.3) is 0 Å². The summed E-state index contributed by atoms with van der Waals surface area (Å²) < 4.78 is 0. The maximum atomic E-state index is 10.9. The number of carboxylic acid groups (broad SMARTS) is 1. The van der Waals surface area contributed by atoms with E-state index in [1.165, 1.54) is 12.1 Å². The molecule has 0 aromatic heterocycles. The number of benzene rings is 1. The van der Waals surface area contributed by atoms with Crippen LogP contribution in [0.5, 0.6) is 0 Å². The second-order valence-corrected chi connectivity index (χ2v) is 5.00. The molecule has 2 atom stereocenters. The summed E-state index contributed by atoms with van der Waals surface area (Å²) in [6.45, 7) is 1.80. The SMILES string of the molecule is Cc1cc(NC2CCC(C(=O)O)C2)cc([N+](=O)[O-])c1. The molecule has 1 aliphatic carbocycles. The van der Waals surface area contributed by atoms with Gasteiger partial charge in [0.15, 0.2) is 0 Å². The van der Waals surface area contributed by atoms with Gasteiger partial charge in [0.25, 0.3) is 5.69 Å². The first-order chi connectivity index (χ1) is 8.95. The highest BCUT2D eigenvalue weighted by molar-refractivity contribution is 5.70. The quantitative estimate of drug-likeness (QED) is 0.644. The second kappa shape index (κ2) is 5.26. The van der Waals surface area contributed by atoms with Gasteiger partial charge in [-0.05, 0) is 37.8 Å². The Bertz CT molecular complexity index is 515. The first-order valence-corrected chi connectivity index (χ1v) is 6.21. The molecule has 6 nitrogen and oxygen atoms in total. The van der Waals surface area contributed by atoms with Gasteiger partial charge >= 0.3 is 5.97 Å². The third-order valence-electron chi connectivity index (χ3n) is 3.43. The molecule has 1 aromatic carbocycles. The summed E-state index contributed by atoms with van der Waals surface area (Å²) in [5.74, 6) is -1.07. The van der Waals surface area contributed by atoms with Crippen LogP contribution in [0.2, 0.25) is 0 Å². The Kier molecular flexibility index (Phi) is 3.69. The topological polar surface area (TPSA) is 92.5 Å². The molecule has 19 heavy (non-hydrogen) atoms. The molecule has 1 saturated carbocycles. The summed E-state index contributed by atoms with van der Waals surface area (Å²) in [5, 5.41) is 22.9. The number of rotatable bonds is 4. The maximum Gasteiger partial charge on any atom is 0.306 e. The van der Waals surface area contributed by atoms with E-state index in [-0.39, 0.29) is 17.6 Å². The Morgan fingerprint density at radius 3 is 2.74 bits per heavy atom. The molecule has 102 valence electrons. The molecule has 1 fully saturated rings. The third kappa shape index (κ3) is 3.21. The molecular formula is C13H16N2O4. The number of aliphatic carboxylic acids is 1. The highest BCUT2D eigenvalue weighted by Gasteiger charge is 2.29. The van der Waals surface area contributed by atoms with E-state index in [9.17, 15) is 14.9 Å². The molecule has 0 spiro atoms. The average molecular weight is 264 g/mol. The molecule has 1 aliphatic rings. The van der Waals surface area contributed by atoms with Gasteiger partial charge in [-0.25, -0.2) is 0 Å². The first kappa shape index (κ1) is 13.3. The number of carbonyl (C=O) groups is 1. The van der Waals surface area contributed by atoms with Crippen molar-refractivity contribution in [1.82, 2.24) is 0 Å². The van der Waals surface area contributed by atoms with Crippen LogP contribution in [0, 0.1) is 23.0 Å². The molecule has 6 heteroatoms. The highest BCUT2D eigenvalue weighted by Crippen LogP contribution is 2.29. The molecule has 2 N–H and O–H groups in total. The highest BCUT2D eigenvalue weighted by atomic mass is 16.6. The van der Waals surface area contributed by atoms with Crippen LogP contribution >= 0.6 is 0 Å². The fourth-order valence-electron chi connectivity index (χ4n) is 2.52. The van der Waals surface area contributed by atoms with Crippen LogP contribution in [-0.4, -0.2) is 22.0 Å². The van der Waals surface area contributed by atoms with Gasteiger partial charge in [0, 0.05) is 23.9 Å². The van der Waals surface area contributed by atoms with Gasteiger partial charge in [0.05, 0.1) is 10.8 Å². The van der Waals surface area contributed by atoms with Crippen molar-refractivity contribution in [3.63, 3.8) is 0 Å². The van der Waals surface area contributed by atoms with Crippen LogP contribution in [-0.2, 0) is 4.79 Å². The normalized spacial score (nSPS) is 22.2. The van der Waals surface area contributed by atoms with Crippen molar-refractivity contribution in [1.29, 1.82) is 0 Å². The van der Waals surface area contributed by atoms with E-state index in [2.05, 4.69) is 5.32 Å². The van der Waals surface area contributed by atoms with E-state index in [1.54, 1.807) is 6.92 Å². The summed E-state index contributed by atoms with van der Waals surface area (Å²) in [5.41, 5.74) is 1.54. The number of nitro benzene ring substituents is 1. The van der Waals surface area contributed by atoms with E-state index >= 15 is 0 Å². The Balaban J connectivity index is 2.08. The van der Waals surface area contributed by atoms with Crippen LogP contribution < -0.4 is 5.32 Å². The standard InChI is InChI=1S/C13H16N2O4/c1-8-4-11(7-12(5-8)15(18)19)14-10-3-2-9(6-10)13(16)17/h4-5,7,9-10,14H,2-3,6H2,1H3,(H,16,17). The number of anilines is 1. The van der Waals surface area contributed by atoms with Crippen LogP contribution in [0.15, 0.2) is 18.2 Å². The monoisotopic (exact) mass is 264 g/mol. The molecule has 2 rings (SSSR count). The predicted molar refractivity (Wildman–Crippen MR) is 70.2 cm³/mol. The third-order valence-corrected chi connectivity index (χ3v) is 3.43. The summed E-state index contributed by atoms with van der Waals surface area (Å²) in [6, 6.07) is 4.91. The van der Waals surface area contributed by atoms with Gasteiger partial charge in [0.2, 0.25) is 0 Å². The molecule has 0 amide bonds. The molecule has 1 aromatic rings. The van der Waals surface area contributed by atoms with Crippen LogP contribution in [0.1, 0.15) is 24.8 Å². The molecule has 0 heterocycles. The zero-order valence-corrected chi connectivity index (χ0v) is 10.6. The minimum atomic E-state index is -0.764. The van der Waals surface area contributed by atoms with Crippen molar-refractivity contribution in [3.8, 4) is 0 Å². The summed E-state index contributed by atoms with van der Waals surface area (Å²) in [6.07, 6.45) is 2.00. The Hall–Kier alpha value is -2.11. The van der Waals surface area contributed by atoms with Gasteiger partial charge in [-0.1, -0.05) is 0 Å². The minimum absolute atomic E-state index is 0.0512. The fraction of sp³-hybridized carbons (Fsp3) is 0.462.